The molecular weight excluding hydrogens is 457 g/mol. The number of hydrogen-bond acceptors (Lipinski definition) is 4. The van der Waals surface area contributed by atoms with Gasteiger partial charge in [-0.15, -0.1) is 0 Å². The molecule has 2 amide bonds. The zero-order valence-corrected chi connectivity index (χ0v) is 20.2. The van der Waals surface area contributed by atoms with Crippen LogP contribution in [0.1, 0.15) is 19.4 Å². The normalized spacial score (nSPS) is 12.2. The molecule has 0 radical (unpaired) electrons. The summed E-state index contributed by atoms with van der Waals surface area (Å²) in [6.07, 6.45) is 1.02. The lowest BCUT2D eigenvalue weighted by molar-refractivity contribution is -0.139. The van der Waals surface area contributed by atoms with Gasteiger partial charge in [0.25, 0.3) is 0 Å². The molecule has 0 aliphatic heterocycles. The number of nitrogens with zero attached hydrogens (tertiary/aromatic N) is 2. The molecule has 1 atom stereocenters. The molecular formula is C25H28FN3O4S. The second-order valence-electron chi connectivity index (χ2n) is 7.95. The summed E-state index contributed by atoms with van der Waals surface area (Å²) >= 11 is 0. The number of fused-ring (bicyclic) bond motifs is 1. The predicted molar refractivity (Wildman–Crippen MR) is 131 cm³/mol. The van der Waals surface area contributed by atoms with Crippen LogP contribution in [0.5, 0.6) is 0 Å². The van der Waals surface area contributed by atoms with Crippen LogP contribution in [-0.4, -0.2) is 50.5 Å². The third kappa shape index (κ3) is 5.72. The Bertz CT molecular complexity index is 1290. The Kier molecular flexibility index (Phi) is 7.88. The number of nitrogens with one attached hydrogen (secondary N) is 1. The number of likely N-dealkylation sites (N-methyl/N-ethyl adjacent to an activating group) is 1. The molecule has 9 heteroatoms. The lowest BCUT2D eigenvalue weighted by atomic mass is 10.1. The molecule has 3 aromatic rings. The Morgan fingerprint density at radius 3 is 2.32 bits per heavy atom. The minimum absolute atomic E-state index is 0.184. The quantitative estimate of drug-likeness (QED) is 0.504. The lowest BCUT2D eigenvalue weighted by Gasteiger charge is -2.31. The van der Waals surface area contributed by atoms with Crippen LogP contribution in [0.2, 0.25) is 0 Å². The molecule has 0 bridgehead atoms. The van der Waals surface area contributed by atoms with Crippen molar-refractivity contribution >= 4 is 38.3 Å². The topological polar surface area (TPSA) is 86.8 Å². The lowest BCUT2D eigenvalue weighted by Crippen LogP contribution is -2.51. The first-order valence-electron chi connectivity index (χ1n) is 10.9. The Morgan fingerprint density at radius 1 is 1.00 bits per heavy atom. The van der Waals surface area contributed by atoms with E-state index in [0.29, 0.717) is 17.6 Å². The van der Waals surface area contributed by atoms with Crippen molar-refractivity contribution in [2.24, 2.45) is 0 Å². The second kappa shape index (κ2) is 10.6. The monoisotopic (exact) mass is 485 g/mol. The molecule has 0 aromatic heterocycles. The van der Waals surface area contributed by atoms with E-state index >= 15 is 0 Å². The van der Waals surface area contributed by atoms with Crippen molar-refractivity contribution in [1.82, 2.24) is 10.2 Å². The molecule has 0 saturated carbocycles. The summed E-state index contributed by atoms with van der Waals surface area (Å²) in [5.41, 5.74) is 0.577. The van der Waals surface area contributed by atoms with Gasteiger partial charge >= 0.3 is 0 Å². The Labute approximate surface area is 199 Å². The van der Waals surface area contributed by atoms with Crippen molar-refractivity contribution in [1.29, 1.82) is 0 Å². The van der Waals surface area contributed by atoms with Crippen molar-refractivity contribution in [3.63, 3.8) is 0 Å². The van der Waals surface area contributed by atoms with Gasteiger partial charge in [-0.3, -0.25) is 13.9 Å². The zero-order chi connectivity index (χ0) is 24.9. The summed E-state index contributed by atoms with van der Waals surface area (Å²) in [5, 5.41) is 4.15. The molecule has 0 heterocycles. The largest absolute Gasteiger partial charge is 0.355 e. The maximum absolute atomic E-state index is 14.4. The van der Waals surface area contributed by atoms with Crippen LogP contribution in [0.4, 0.5) is 10.1 Å². The number of rotatable bonds is 9. The summed E-state index contributed by atoms with van der Waals surface area (Å²) < 4.78 is 40.9. The van der Waals surface area contributed by atoms with E-state index in [0.717, 1.165) is 15.9 Å². The second-order valence-corrected chi connectivity index (χ2v) is 9.86. The highest BCUT2D eigenvalue weighted by Crippen LogP contribution is 2.28. The molecule has 180 valence electrons. The van der Waals surface area contributed by atoms with E-state index in [-0.39, 0.29) is 12.1 Å². The van der Waals surface area contributed by atoms with Gasteiger partial charge in [0.15, 0.2) is 0 Å². The van der Waals surface area contributed by atoms with Crippen molar-refractivity contribution in [3.8, 4) is 0 Å². The fourth-order valence-electron chi connectivity index (χ4n) is 3.74. The molecule has 0 saturated heterocycles. The van der Waals surface area contributed by atoms with Gasteiger partial charge in [-0.05, 0) is 31.4 Å². The zero-order valence-electron chi connectivity index (χ0n) is 19.4. The van der Waals surface area contributed by atoms with Gasteiger partial charge in [0.2, 0.25) is 21.8 Å². The maximum Gasteiger partial charge on any atom is 0.244 e. The van der Waals surface area contributed by atoms with Gasteiger partial charge in [0, 0.05) is 24.0 Å². The molecule has 0 spiro atoms. The van der Waals surface area contributed by atoms with Crippen LogP contribution in [0.3, 0.4) is 0 Å². The van der Waals surface area contributed by atoms with E-state index in [1.807, 2.05) is 18.2 Å². The highest BCUT2D eigenvalue weighted by molar-refractivity contribution is 7.92. The van der Waals surface area contributed by atoms with Crippen LogP contribution in [0.15, 0.2) is 66.7 Å². The average molecular weight is 486 g/mol. The van der Waals surface area contributed by atoms with Crippen molar-refractivity contribution in [2.75, 3.05) is 23.7 Å². The summed E-state index contributed by atoms with van der Waals surface area (Å²) in [6, 6.07) is 17.5. The number of anilines is 1. The van der Waals surface area contributed by atoms with Crippen LogP contribution in [0, 0.1) is 5.82 Å². The minimum atomic E-state index is -3.86. The van der Waals surface area contributed by atoms with Gasteiger partial charge in [0.1, 0.15) is 18.4 Å². The van der Waals surface area contributed by atoms with Gasteiger partial charge < -0.3 is 10.2 Å². The highest BCUT2D eigenvalue weighted by Gasteiger charge is 2.30. The summed E-state index contributed by atoms with van der Waals surface area (Å²) in [4.78, 5) is 27.3. The van der Waals surface area contributed by atoms with Crippen LogP contribution in [-0.2, 0) is 26.2 Å². The first-order valence-corrected chi connectivity index (χ1v) is 12.7. The van der Waals surface area contributed by atoms with Crippen LogP contribution >= 0.6 is 0 Å². The number of carbonyl (C=O) groups excluding carboxylic acids is 2. The van der Waals surface area contributed by atoms with Gasteiger partial charge in [0.05, 0.1) is 11.9 Å². The first-order chi connectivity index (χ1) is 16.1. The van der Waals surface area contributed by atoms with Crippen LogP contribution in [0.25, 0.3) is 10.8 Å². The smallest absolute Gasteiger partial charge is 0.244 e. The van der Waals surface area contributed by atoms with E-state index in [2.05, 4.69) is 5.32 Å². The van der Waals surface area contributed by atoms with E-state index in [1.165, 1.54) is 30.0 Å². The van der Waals surface area contributed by atoms with Crippen molar-refractivity contribution in [2.45, 2.75) is 26.4 Å². The summed E-state index contributed by atoms with van der Waals surface area (Å²) in [6.45, 7) is 2.92. The number of benzene rings is 3. The molecule has 3 rings (SSSR count). The minimum Gasteiger partial charge on any atom is -0.355 e. The summed E-state index contributed by atoms with van der Waals surface area (Å²) in [7, 11) is -3.86. The molecule has 0 fully saturated rings. The molecule has 1 N–H and O–H groups in total. The number of amides is 2. The standard InChI is InChI=1S/C25H28FN3O4S/c1-4-27-25(31)18(2)28(16-20-11-6-8-14-22(20)26)24(30)17-29(34(3,32)33)23-15-9-12-19-10-5-7-13-21(19)23/h5-15,18H,4,16-17H2,1-3H3,(H,27,31). The third-order valence-corrected chi connectivity index (χ3v) is 6.66. The highest BCUT2D eigenvalue weighted by atomic mass is 32.2. The van der Waals surface area contributed by atoms with Crippen molar-refractivity contribution < 1.29 is 22.4 Å². The fraction of sp³-hybridized carbons (Fsp3) is 0.280. The van der Waals surface area contributed by atoms with Gasteiger partial charge in [-0.25, -0.2) is 12.8 Å². The number of sulfonamides is 1. The summed E-state index contributed by atoms with van der Waals surface area (Å²) in [5.74, 6) is -1.55. The van der Waals surface area contributed by atoms with Crippen molar-refractivity contribution in [3.05, 3.63) is 78.1 Å². The van der Waals surface area contributed by atoms with E-state index in [1.54, 1.807) is 37.3 Å². The van der Waals surface area contributed by atoms with Gasteiger partial charge in [-0.1, -0.05) is 54.6 Å². The van der Waals surface area contributed by atoms with E-state index < -0.39 is 40.2 Å². The molecule has 34 heavy (non-hydrogen) atoms. The SMILES string of the molecule is CCNC(=O)C(C)N(Cc1ccccc1F)C(=O)CN(c1cccc2ccccc12)S(C)(=O)=O. The predicted octanol–water partition coefficient (Wildman–Crippen LogP) is 3.30. The van der Waals surface area contributed by atoms with E-state index in [4.69, 9.17) is 0 Å². The number of halogens is 1. The Balaban J connectivity index is 2.01. The van der Waals surface area contributed by atoms with Crippen LogP contribution < -0.4 is 9.62 Å². The first kappa shape index (κ1) is 25.2. The maximum atomic E-state index is 14.4. The van der Waals surface area contributed by atoms with E-state index in [9.17, 15) is 22.4 Å². The molecule has 1 unspecified atom stereocenters. The number of hydrogen-bond donors (Lipinski definition) is 1. The molecule has 0 aliphatic carbocycles. The molecule has 3 aromatic carbocycles. The molecule has 0 aliphatic rings. The average Bonchev–Trinajstić information content (AvgIpc) is 2.80. The number of carbonyl (C=O) groups is 2. The van der Waals surface area contributed by atoms with Gasteiger partial charge in [-0.2, -0.15) is 0 Å². The molecule has 7 nitrogen and oxygen atoms in total. The Morgan fingerprint density at radius 2 is 1.65 bits per heavy atom. The fourth-order valence-corrected chi connectivity index (χ4v) is 4.60. The third-order valence-electron chi connectivity index (χ3n) is 5.53. The Hall–Kier alpha value is -3.46.